The van der Waals surface area contributed by atoms with Gasteiger partial charge in [0, 0.05) is 0 Å². The van der Waals surface area contributed by atoms with Crippen molar-refractivity contribution < 1.29 is 4.74 Å². The zero-order valence-electron chi connectivity index (χ0n) is 9.18. The first-order chi connectivity index (χ1) is 7.75. The fourth-order valence-corrected chi connectivity index (χ4v) is 1.45. The summed E-state index contributed by atoms with van der Waals surface area (Å²) in [5.41, 5.74) is 7.54. The SMILES string of the molecule is Cc1ccccc1OCc1cccc(N)n1. The predicted octanol–water partition coefficient (Wildman–Crippen LogP) is 2.55. The molecule has 0 fully saturated rings. The molecule has 1 aromatic carbocycles. The van der Waals surface area contributed by atoms with E-state index in [1.54, 1.807) is 6.07 Å². The van der Waals surface area contributed by atoms with Crippen LogP contribution in [0.3, 0.4) is 0 Å². The molecule has 0 spiro atoms. The van der Waals surface area contributed by atoms with Gasteiger partial charge in [-0.15, -0.1) is 0 Å². The van der Waals surface area contributed by atoms with Gasteiger partial charge in [0.1, 0.15) is 18.2 Å². The fourth-order valence-electron chi connectivity index (χ4n) is 1.45. The number of hydrogen-bond donors (Lipinski definition) is 1. The molecule has 82 valence electrons. The molecule has 0 aliphatic heterocycles. The van der Waals surface area contributed by atoms with Crippen molar-refractivity contribution in [3.05, 3.63) is 53.7 Å². The van der Waals surface area contributed by atoms with Crippen molar-refractivity contribution in [2.45, 2.75) is 13.5 Å². The van der Waals surface area contributed by atoms with E-state index >= 15 is 0 Å². The van der Waals surface area contributed by atoms with Crippen molar-refractivity contribution >= 4 is 5.82 Å². The first-order valence-corrected chi connectivity index (χ1v) is 5.15. The maximum atomic E-state index is 5.66. The topological polar surface area (TPSA) is 48.1 Å². The Morgan fingerprint density at radius 1 is 1.12 bits per heavy atom. The molecular formula is C13H14N2O. The molecule has 0 saturated heterocycles. The van der Waals surface area contributed by atoms with Gasteiger partial charge in [0.25, 0.3) is 0 Å². The van der Waals surface area contributed by atoms with E-state index in [9.17, 15) is 0 Å². The molecule has 0 atom stereocenters. The number of anilines is 1. The first-order valence-electron chi connectivity index (χ1n) is 5.15. The normalized spacial score (nSPS) is 10.1. The summed E-state index contributed by atoms with van der Waals surface area (Å²) in [7, 11) is 0. The third-order valence-corrected chi connectivity index (χ3v) is 2.30. The molecule has 0 saturated carbocycles. The molecule has 2 aromatic rings. The minimum absolute atomic E-state index is 0.440. The van der Waals surface area contributed by atoms with Gasteiger partial charge in [-0.3, -0.25) is 0 Å². The highest BCUT2D eigenvalue weighted by Crippen LogP contribution is 2.17. The summed E-state index contributed by atoms with van der Waals surface area (Å²) in [6, 6.07) is 13.4. The number of hydrogen-bond acceptors (Lipinski definition) is 3. The van der Waals surface area contributed by atoms with Gasteiger partial charge < -0.3 is 10.5 Å². The Hall–Kier alpha value is -2.03. The van der Waals surface area contributed by atoms with Crippen molar-refractivity contribution in [1.29, 1.82) is 0 Å². The molecule has 0 aliphatic carbocycles. The van der Waals surface area contributed by atoms with Gasteiger partial charge >= 0.3 is 0 Å². The highest BCUT2D eigenvalue weighted by molar-refractivity contribution is 5.32. The van der Waals surface area contributed by atoms with Crippen molar-refractivity contribution in [3.63, 3.8) is 0 Å². The van der Waals surface area contributed by atoms with E-state index in [0.717, 1.165) is 17.0 Å². The predicted molar refractivity (Wildman–Crippen MR) is 64.2 cm³/mol. The average molecular weight is 214 g/mol. The molecule has 2 N–H and O–H groups in total. The minimum atomic E-state index is 0.440. The van der Waals surface area contributed by atoms with E-state index in [2.05, 4.69) is 4.98 Å². The van der Waals surface area contributed by atoms with Crippen LogP contribution in [0.5, 0.6) is 5.75 Å². The molecular weight excluding hydrogens is 200 g/mol. The van der Waals surface area contributed by atoms with Crippen LogP contribution in [0, 0.1) is 6.92 Å². The molecule has 0 amide bonds. The summed E-state index contributed by atoms with van der Waals surface area (Å²) < 4.78 is 5.66. The molecule has 0 aliphatic rings. The molecule has 0 radical (unpaired) electrons. The summed E-state index contributed by atoms with van der Waals surface area (Å²) >= 11 is 0. The highest BCUT2D eigenvalue weighted by atomic mass is 16.5. The average Bonchev–Trinajstić information content (AvgIpc) is 2.28. The van der Waals surface area contributed by atoms with Crippen LogP contribution in [-0.4, -0.2) is 4.98 Å². The van der Waals surface area contributed by atoms with Crippen LogP contribution in [0.1, 0.15) is 11.3 Å². The number of aromatic nitrogens is 1. The number of ether oxygens (including phenoxy) is 1. The smallest absolute Gasteiger partial charge is 0.130 e. The minimum Gasteiger partial charge on any atom is -0.487 e. The van der Waals surface area contributed by atoms with E-state index < -0.39 is 0 Å². The van der Waals surface area contributed by atoms with Crippen molar-refractivity contribution in [3.8, 4) is 5.75 Å². The summed E-state index contributed by atoms with van der Waals surface area (Å²) in [6.45, 7) is 2.46. The van der Waals surface area contributed by atoms with Crippen molar-refractivity contribution in [1.82, 2.24) is 4.98 Å². The lowest BCUT2D eigenvalue weighted by molar-refractivity contribution is 0.299. The maximum Gasteiger partial charge on any atom is 0.130 e. The number of para-hydroxylation sites is 1. The Morgan fingerprint density at radius 3 is 2.69 bits per heavy atom. The zero-order valence-corrected chi connectivity index (χ0v) is 9.18. The van der Waals surface area contributed by atoms with Gasteiger partial charge in [0.05, 0.1) is 5.69 Å². The number of nitrogens with zero attached hydrogens (tertiary/aromatic N) is 1. The number of aryl methyl sites for hydroxylation is 1. The van der Waals surface area contributed by atoms with Gasteiger partial charge in [-0.2, -0.15) is 0 Å². The zero-order chi connectivity index (χ0) is 11.4. The molecule has 0 unspecified atom stereocenters. The van der Waals surface area contributed by atoms with Crippen LogP contribution in [-0.2, 0) is 6.61 Å². The van der Waals surface area contributed by atoms with Gasteiger partial charge in [-0.25, -0.2) is 4.98 Å². The van der Waals surface area contributed by atoms with E-state index in [1.807, 2.05) is 43.3 Å². The molecule has 1 aromatic heterocycles. The van der Waals surface area contributed by atoms with E-state index in [1.165, 1.54) is 0 Å². The second-order valence-corrected chi connectivity index (χ2v) is 3.61. The molecule has 2 rings (SSSR count). The lowest BCUT2D eigenvalue weighted by atomic mass is 10.2. The molecule has 1 heterocycles. The largest absolute Gasteiger partial charge is 0.487 e. The Kier molecular flexibility index (Phi) is 3.05. The van der Waals surface area contributed by atoms with Crippen LogP contribution in [0.15, 0.2) is 42.5 Å². The number of nitrogen functional groups attached to an aromatic ring is 1. The quantitative estimate of drug-likeness (QED) is 0.854. The Morgan fingerprint density at radius 2 is 1.94 bits per heavy atom. The third kappa shape index (κ3) is 2.51. The first kappa shape index (κ1) is 10.5. The maximum absolute atomic E-state index is 5.66. The van der Waals surface area contributed by atoms with Crippen LogP contribution in [0.4, 0.5) is 5.82 Å². The van der Waals surface area contributed by atoms with Gasteiger partial charge in [0.2, 0.25) is 0 Å². The number of nitrogens with two attached hydrogens (primary N) is 1. The van der Waals surface area contributed by atoms with Crippen molar-refractivity contribution in [2.75, 3.05) is 5.73 Å². The van der Waals surface area contributed by atoms with Gasteiger partial charge in [-0.05, 0) is 30.7 Å². The van der Waals surface area contributed by atoms with Crippen LogP contribution >= 0.6 is 0 Å². The summed E-state index contributed by atoms with van der Waals surface area (Å²) in [4.78, 5) is 4.17. The Labute approximate surface area is 94.9 Å². The summed E-state index contributed by atoms with van der Waals surface area (Å²) in [5, 5.41) is 0. The van der Waals surface area contributed by atoms with Gasteiger partial charge in [0.15, 0.2) is 0 Å². The van der Waals surface area contributed by atoms with E-state index in [0.29, 0.717) is 12.4 Å². The summed E-state index contributed by atoms with van der Waals surface area (Å²) in [6.07, 6.45) is 0. The standard InChI is InChI=1S/C13H14N2O/c1-10-5-2-3-7-12(10)16-9-11-6-4-8-13(14)15-11/h2-8H,9H2,1H3,(H2,14,15). The molecule has 3 heteroatoms. The third-order valence-electron chi connectivity index (χ3n) is 2.30. The molecule has 0 bridgehead atoms. The monoisotopic (exact) mass is 214 g/mol. The molecule has 3 nitrogen and oxygen atoms in total. The second kappa shape index (κ2) is 4.66. The van der Waals surface area contributed by atoms with Crippen LogP contribution in [0.25, 0.3) is 0 Å². The number of benzene rings is 1. The van der Waals surface area contributed by atoms with E-state index in [4.69, 9.17) is 10.5 Å². The Balaban J connectivity index is 2.05. The van der Waals surface area contributed by atoms with Crippen LogP contribution in [0.2, 0.25) is 0 Å². The lowest BCUT2D eigenvalue weighted by Crippen LogP contribution is -2.01. The Bertz CT molecular complexity index is 483. The lowest BCUT2D eigenvalue weighted by Gasteiger charge is -2.08. The van der Waals surface area contributed by atoms with E-state index in [-0.39, 0.29) is 0 Å². The summed E-state index contributed by atoms with van der Waals surface area (Å²) in [5.74, 6) is 1.40. The fraction of sp³-hybridized carbons (Fsp3) is 0.154. The van der Waals surface area contributed by atoms with Crippen LogP contribution < -0.4 is 10.5 Å². The van der Waals surface area contributed by atoms with Crippen molar-refractivity contribution in [2.24, 2.45) is 0 Å². The second-order valence-electron chi connectivity index (χ2n) is 3.61. The van der Waals surface area contributed by atoms with Gasteiger partial charge in [-0.1, -0.05) is 24.3 Å². The molecule has 16 heavy (non-hydrogen) atoms. The number of pyridine rings is 1. The number of rotatable bonds is 3. The highest BCUT2D eigenvalue weighted by Gasteiger charge is 1.99.